The van der Waals surface area contributed by atoms with Crippen LogP contribution in [-0.4, -0.2) is 92.8 Å². The molecule has 0 radical (unpaired) electrons. The maximum Gasteiger partial charge on any atom is 0.472 e. The average Bonchev–Trinajstić information content (AvgIpc) is 3.18. The fourth-order valence-corrected chi connectivity index (χ4v) is 6.70. The highest BCUT2D eigenvalue weighted by Gasteiger charge is 2.28. The molecule has 6 N–H and O–H groups in total. The number of hydrogen-bond donors (Lipinski definition) is 6. The topological polar surface area (TPSA) is 236 Å². The van der Waals surface area contributed by atoms with Crippen LogP contribution >= 0.6 is 15.6 Å². The van der Waals surface area contributed by atoms with E-state index < -0.39 is 78.4 Å². The van der Waals surface area contributed by atoms with Crippen molar-refractivity contribution in [2.75, 3.05) is 26.4 Å². The van der Waals surface area contributed by atoms with Gasteiger partial charge in [0.2, 0.25) is 0 Å². The number of allylic oxidation sites excluding steroid dienone is 5. The van der Waals surface area contributed by atoms with Crippen molar-refractivity contribution in [3.8, 4) is 0 Å². The molecular weight excluding hydrogens is 806 g/mol. The van der Waals surface area contributed by atoms with E-state index in [-0.39, 0.29) is 25.7 Å². The summed E-state index contributed by atoms with van der Waals surface area (Å²) in [6, 6.07) is 0. The second kappa shape index (κ2) is 37.7. The summed E-state index contributed by atoms with van der Waals surface area (Å²) >= 11 is 0. The van der Waals surface area contributed by atoms with E-state index >= 15 is 0 Å². The molecule has 0 aromatic carbocycles. The van der Waals surface area contributed by atoms with Gasteiger partial charge in [-0.15, -0.1) is 0 Å². The second-order valence-electron chi connectivity index (χ2n) is 14.7. The minimum absolute atomic E-state index is 0.0644. The number of unbranched alkanes of at least 4 members (excludes halogenated alkanes) is 15. The number of ether oxygens (including phenoxy) is 2. The summed E-state index contributed by atoms with van der Waals surface area (Å²) in [5.41, 5.74) is 0. The van der Waals surface area contributed by atoms with Gasteiger partial charge in [-0.2, -0.15) is 0 Å². The van der Waals surface area contributed by atoms with Gasteiger partial charge in [-0.25, -0.2) is 9.13 Å². The van der Waals surface area contributed by atoms with Crippen molar-refractivity contribution >= 4 is 27.6 Å². The zero-order valence-electron chi connectivity index (χ0n) is 35.6. The monoisotopic (exact) mass is 882 g/mol. The number of aliphatic hydroxyl groups is 3. The lowest BCUT2D eigenvalue weighted by atomic mass is 10.0. The van der Waals surface area contributed by atoms with E-state index in [9.17, 15) is 38.9 Å². The second-order valence-corrected chi connectivity index (χ2v) is 17.4. The first kappa shape index (κ1) is 57.0. The third kappa shape index (κ3) is 41.1. The third-order valence-electron chi connectivity index (χ3n) is 8.90. The molecule has 0 bridgehead atoms. The van der Waals surface area contributed by atoms with Gasteiger partial charge in [0.05, 0.1) is 32.0 Å². The SMILES string of the molecule is CCCCC/C=C\C[C@@H](O)/C=C/C=C/C=C\[C@@H](O)CCCC(=O)OC[C@H](COP(=O)(O)OC[C@@H](O)COP(=O)(O)O)OC(=O)CCCCCCCCCCCCCCC. The predicted molar refractivity (Wildman–Crippen MR) is 228 cm³/mol. The van der Waals surface area contributed by atoms with Crippen LogP contribution in [0, 0.1) is 0 Å². The first-order valence-corrected chi connectivity index (χ1v) is 24.6. The fourth-order valence-electron chi connectivity index (χ4n) is 5.54. The first-order valence-electron chi connectivity index (χ1n) is 21.5. The van der Waals surface area contributed by atoms with Crippen molar-refractivity contribution in [2.24, 2.45) is 0 Å². The molecule has 0 aliphatic carbocycles. The third-order valence-corrected chi connectivity index (χ3v) is 10.3. The zero-order chi connectivity index (χ0) is 44.0. The Morgan fingerprint density at radius 2 is 1.07 bits per heavy atom. The van der Waals surface area contributed by atoms with Crippen molar-refractivity contribution in [3.63, 3.8) is 0 Å². The molecule has 0 fully saturated rings. The van der Waals surface area contributed by atoms with Crippen LogP contribution in [-0.2, 0) is 41.8 Å². The molecule has 0 aromatic rings. The molecule has 0 aliphatic rings. The zero-order valence-corrected chi connectivity index (χ0v) is 37.4. The van der Waals surface area contributed by atoms with Gasteiger partial charge in [0.25, 0.3) is 0 Å². The molecule has 0 heterocycles. The minimum Gasteiger partial charge on any atom is -0.462 e. The molecule has 15 nitrogen and oxygen atoms in total. The van der Waals surface area contributed by atoms with E-state index in [0.29, 0.717) is 12.8 Å². The summed E-state index contributed by atoms with van der Waals surface area (Å²) in [7, 11) is -9.75. The Balaban J connectivity index is 4.77. The summed E-state index contributed by atoms with van der Waals surface area (Å²) < 4.78 is 47.5. The van der Waals surface area contributed by atoms with Gasteiger partial charge in [0.15, 0.2) is 6.10 Å². The summed E-state index contributed by atoms with van der Waals surface area (Å²) in [5.74, 6) is -1.27. The van der Waals surface area contributed by atoms with E-state index in [1.807, 2.05) is 6.08 Å². The van der Waals surface area contributed by atoms with Crippen molar-refractivity contribution in [3.05, 3.63) is 48.6 Å². The number of phosphoric ester groups is 2. The molecule has 0 saturated carbocycles. The lowest BCUT2D eigenvalue weighted by Gasteiger charge is -2.20. The van der Waals surface area contributed by atoms with Gasteiger partial charge in [-0.1, -0.05) is 152 Å². The molecule has 5 atom stereocenters. The van der Waals surface area contributed by atoms with Crippen LogP contribution < -0.4 is 0 Å². The highest BCUT2D eigenvalue weighted by molar-refractivity contribution is 7.47. The number of rotatable bonds is 40. The Hall–Kier alpha value is -2.00. The fraction of sp³-hybridized carbons (Fsp3) is 0.762. The van der Waals surface area contributed by atoms with Crippen LogP contribution in [0.1, 0.15) is 155 Å². The van der Waals surface area contributed by atoms with E-state index in [1.165, 1.54) is 64.2 Å². The number of hydrogen-bond acceptors (Lipinski definition) is 12. The summed E-state index contributed by atoms with van der Waals surface area (Å²) in [5, 5.41) is 30.0. The maximum absolute atomic E-state index is 12.6. The molecule has 0 amide bonds. The average molecular weight is 883 g/mol. The van der Waals surface area contributed by atoms with Gasteiger partial charge in [-0.3, -0.25) is 23.2 Å². The molecule has 0 rings (SSSR count). The van der Waals surface area contributed by atoms with E-state index in [1.54, 1.807) is 36.5 Å². The van der Waals surface area contributed by atoms with E-state index in [4.69, 9.17) is 23.8 Å². The number of carbonyl (C=O) groups is 2. The van der Waals surface area contributed by atoms with Crippen molar-refractivity contribution in [1.82, 2.24) is 0 Å². The Labute approximate surface area is 353 Å². The smallest absolute Gasteiger partial charge is 0.462 e. The standard InChI is InChI=1S/C42H76O15P2/c1-3-5-7-9-11-12-13-14-15-16-17-19-25-31-42(47)57-40(36-56-59(51,52)55-34-39(45)33-54-58(48,49)50)35-53-41(46)32-26-30-38(44)29-24-21-20-23-28-37(43)27-22-18-10-8-6-4-2/h18,20-24,28-29,37-40,43-45H,3-17,19,25-27,30-36H2,1-2H3,(H,51,52)(H2,48,49,50)/b21-20+,22-18-,28-23+,29-24-/t37-,38-,39+,40-/m1/s1. The lowest BCUT2D eigenvalue weighted by molar-refractivity contribution is -0.161. The van der Waals surface area contributed by atoms with Crippen LogP contribution in [0.25, 0.3) is 0 Å². The molecule has 1 unspecified atom stereocenters. The van der Waals surface area contributed by atoms with Gasteiger partial charge >= 0.3 is 27.6 Å². The van der Waals surface area contributed by atoms with Crippen LogP contribution in [0.5, 0.6) is 0 Å². The molecule has 344 valence electrons. The summed E-state index contributed by atoms with van der Waals surface area (Å²) in [6.07, 6.45) is 30.2. The van der Waals surface area contributed by atoms with Crippen LogP contribution in [0.2, 0.25) is 0 Å². The Morgan fingerprint density at radius 3 is 1.66 bits per heavy atom. The summed E-state index contributed by atoms with van der Waals surface area (Å²) in [6.45, 7) is 1.42. The van der Waals surface area contributed by atoms with Crippen LogP contribution in [0.3, 0.4) is 0 Å². The van der Waals surface area contributed by atoms with Crippen LogP contribution in [0.4, 0.5) is 0 Å². The molecular formula is C42H76O15P2. The number of carbonyl (C=O) groups excluding carboxylic acids is 2. The quantitative estimate of drug-likeness (QED) is 0.0111. The van der Waals surface area contributed by atoms with E-state index in [2.05, 4.69) is 29.0 Å². The summed E-state index contributed by atoms with van der Waals surface area (Å²) in [4.78, 5) is 52.6. The minimum atomic E-state index is -4.89. The van der Waals surface area contributed by atoms with Crippen molar-refractivity contribution < 1.29 is 71.8 Å². The van der Waals surface area contributed by atoms with E-state index in [0.717, 1.165) is 38.5 Å². The van der Waals surface area contributed by atoms with Gasteiger partial charge in [0.1, 0.15) is 12.7 Å². The lowest BCUT2D eigenvalue weighted by Crippen LogP contribution is -2.30. The molecule has 0 spiro atoms. The normalized spacial score (nSPS) is 15.6. The maximum atomic E-state index is 12.6. The first-order chi connectivity index (χ1) is 28.2. The van der Waals surface area contributed by atoms with Gasteiger partial charge in [0, 0.05) is 12.8 Å². The van der Waals surface area contributed by atoms with Crippen LogP contribution in [0.15, 0.2) is 48.6 Å². The van der Waals surface area contributed by atoms with Crippen molar-refractivity contribution in [2.45, 2.75) is 180 Å². The molecule has 0 saturated heterocycles. The van der Waals surface area contributed by atoms with Gasteiger partial charge in [-0.05, 0) is 38.5 Å². The molecule has 0 aromatic heterocycles. The Kier molecular flexibility index (Phi) is 36.5. The number of esters is 2. The highest BCUT2D eigenvalue weighted by Crippen LogP contribution is 2.43. The molecule has 17 heteroatoms. The number of aliphatic hydroxyl groups excluding tert-OH is 3. The van der Waals surface area contributed by atoms with Crippen molar-refractivity contribution in [1.29, 1.82) is 0 Å². The van der Waals surface area contributed by atoms with Gasteiger partial charge < -0.3 is 39.5 Å². The molecule has 59 heavy (non-hydrogen) atoms. The Morgan fingerprint density at radius 1 is 0.559 bits per heavy atom. The predicted octanol–water partition coefficient (Wildman–Crippen LogP) is 8.61. The Bertz CT molecular complexity index is 1270. The molecule has 0 aliphatic heterocycles. The highest BCUT2D eigenvalue weighted by atomic mass is 31.2. The largest absolute Gasteiger partial charge is 0.472 e. The number of phosphoric acid groups is 2.